The van der Waals surface area contributed by atoms with E-state index in [1.165, 1.54) is 18.5 Å². The Morgan fingerprint density at radius 2 is 1.94 bits per heavy atom. The van der Waals surface area contributed by atoms with E-state index in [-0.39, 0.29) is 24.2 Å². The molecule has 8 heteroatoms. The molecule has 3 aromatic rings. The maximum Gasteiger partial charge on any atom is 0.224 e. The van der Waals surface area contributed by atoms with Gasteiger partial charge in [0.15, 0.2) is 11.5 Å². The van der Waals surface area contributed by atoms with Crippen molar-refractivity contribution in [1.82, 2.24) is 15.3 Å². The van der Waals surface area contributed by atoms with Gasteiger partial charge < -0.3 is 19.5 Å². The fourth-order valence-corrected chi connectivity index (χ4v) is 3.63. The highest BCUT2D eigenvalue weighted by Crippen LogP contribution is 2.39. The molecule has 1 aromatic heterocycles. The van der Waals surface area contributed by atoms with E-state index in [0.29, 0.717) is 41.3 Å². The van der Waals surface area contributed by atoms with E-state index in [1.54, 1.807) is 38.7 Å². The Morgan fingerprint density at radius 3 is 2.68 bits per heavy atom. The lowest BCUT2D eigenvalue weighted by Crippen LogP contribution is -2.35. The summed E-state index contributed by atoms with van der Waals surface area (Å²) in [5.74, 6) is 1.29. The number of carbonyl (C=O) groups is 1. The van der Waals surface area contributed by atoms with E-state index in [4.69, 9.17) is 14.2 Å². The van der Waals surface area contributed by atoms with Gasteiger partial charge in [0.05, 0.1) is 27.2 Å². The minimum absolute atomic E-state index is 0.144. The molecule has 160 valence electrons. The predicted octanol–water partition coefficient (Wildman–Crippen LogP) is 2.96. The maximum atomic E-state index is 14.1. The average molecular weight is 423 g/mol. The first kappa shape index (κ1) is 20.6. The molecular weight excluding hydrogens is 401 g/mol. The van der Waals surface area contributed by atoms with Crippen LogP contribution >= 0.6 is 0 Å². The molecule has 31 heavy (non-hydrogen) atoms. The van der Waals surface area contributed by atoms with Crippen LogP contribution in [0.3, 0.4) is 0 Å². The Morgan fingerprint density at radius 1 is 1.16 bits per heavy atom. The average Bonchev–Trinajstić information content (AvgIpc) is 3.20. The van der Waals surface area contributed by atoms with Crippen molar-refractivity contribution in [1.29, 1.82) is 0 Å². The first-order valence-corrected chi connectivity index (χ1v) is 9.79. The van der Waals surface area contributed by atoms with Crippen molar-refractivity contribution < 1.29 is 23.4 Å². The maximum absolute atomic E-state index is 14.1. The summed E-state index contributed by atoms with van der Waals surface area (Å²) in [7, 11) is 3.11. The topological polar surface area (TPSA) is 82.6 Å². The Kier molecular flexibility index (Phi) is 5.97. The number of halogens is 1. The van der Waals surface area contributed by atoms with E-state index >= 15 is 0 Å². The monoisotopic (exact) mass is 423 g/mol. The standard InChI is InChI=1S/C23H22FN3O4/c1-29-20-4-3-14(5-21(20)30-2)6-22(28)27-12-18-8-15-7-17(24)9-19(23(15)31-18)16-10-25-13-26-11-16/h3-5,7,9-11,13,18H,6,8,12H2,1-2H3,(H,27,28)/t18-/m1/s1. The van der Waals surface area contributed by atoms with Gasteiger partial charge in [-0.2, -0.15) is 0 Å². The molecule has 0 spiro atoms. The van der Waals surface area contributed by atoms with Crippen molar-refractivity contribution in [3.63, 3.8) is 0 Å². The van der Waals surface area contributed by atoms with Gasteiger partial charge in [-0.25, -0.2) is 14.4 Å². The van der Waals surface area contributed by atoms with Crippen LogP contribution in [0.25, 0.3) is 11.1 Å². The van der Waals surface area contributed by atoms with Crippen LogP contribution < -0.4 is 19.5 Å². The predicted molar refractivity (Wildman–Crippen MR) is 112 cm³/mol. The number of aromatic nitrogens is 2. The molecule has 1 aliphatic heterocycles. The fraction of sp³-hybridized carbons (Fsp3) is 0.261. The Hall–Kier alpha value is -3.68. The van der Waals surface area contributed by atoms with E-state index in [2.05, 4.69) is 15.3 Å². The van der Waals surface area contributed by atoms with Gasteiger partial charge in [-0.1, -0.05) is 6.07 Å². The Balaban J connectivity index is 1.39. The van der Waals surface area contributed by atoms with Crippen molar-refractivity contribution in [2.45, 2.75) is 18.9 Å². The first-order chi connectivity index (χ1) is 15.1. The second-order valence-corrected chi connectivity index (χ2v) is 7.18. The van der Waals surface area contributed by atoms with Gasteiger partial charge in [0, 0.05) is 35.5 Å². The van der Waals surface area contributed by atoms with Crippen LogP contribution in [0.2, 0.25) is 0 Å². The highest BCUT2D eigenvalue weighted by molar-refractivity contribution is 5.79. The van der Waals surface area contributed by atoms with E-state index in [9.17, 15) is 9.18 Å². The molecule has 1 aliphatic rings. The largest absolute Gasteiger partial charge is 0.493 e. The number of carbonyl (C=O) groups excluding carboxylic acids is 1. The molecule has 0 bridgehead atoms. The van der Waals surface area contributed by atoms with Crippen LogP contribution in [0.5, 0.6) is 17.2 Å². The van der Waals surface area contributed by atoms with E-state index in [1.807, 2.05) is 6.07 Å². The van der Waals surface area contributed by atoms with Crippen molar-refractivity contribution in [3.05, 3.63) is 66.0 Å². The van der Waals surface area contributed by atoms with Crippen molar-refractivity contribution in [2.24, 2.45) is 0 Å². The molecule has 0 radical (unpaired) electrons. The summed E-state index contributed by atoms with van der Waals surface area (Å²) in [6.07, 6.45) is 5.06. The molecule has 2 aromatic carbocycles. The van der Waals surface area contributed by atoms with Crippen molar-refractivity contribution in [2.75, 3.05) is 20.8 Å². The zero-order valence-electron chi connectivity index (χ0n) is 17.2. The lowest BCUT2D eigenvalue weighted by Gasteiger charge is -2.14. The Labute approximate surface area is 179 Å². The number of amides is 1. The van der Waals surface area contributed by atoms with Crippen LogP contribution in [0.4, 0.5) is 4.39 Å². The van der Waals surface area contributed by atoms with Gasteiger partial charge in [0.25, 0.3) is 0 Å². The number of rotatable bonds is 7. The van der Waals surface area contributed by atoms with Crippen LogP contribution in [-0.2, 0) is 17.6 Å². The molecule has 0 aliphatic carbocycles. The summed E-state index contributed by atoms with van der Waals surface area (Å²) in [6.45, 7) is 0.313. The van der Waals surface area contributed by atoms with Gasteiger partial charge in [0.2, 0.25) is 5.91 Å². The summed E-state index contributed by atoms with van der Waals surface area (Å²) in [4.78, 5) is 20.4. The molecule has 0 unspecified atom stereocenters. The molecule has 1 atom stereocenters. The number of hydrogen-bond donors (Lipinski definition) is 1. The molecule has 0 saturated carbocycles. The molecule has 0 fully saturated rings. The lowest BCUT2D eigenvalue weighted by atomic mass is 10.0. The second-order valence-electron chi connectivity index (χ2n) is 7.18. The van der Waals surface area contributed by atoms with Gasteiger partial charge >= 0.3 is 0 Å². The summed E-state index contributed by atoms with van der Waals surface area (Å²) in [5.41, 5.74) is 2.85. The minimum atomic E-state index is -0.348. The van der Waals surface area contributed by atoms with Gasteiger partial charge in [0.1, 0.15) is 24.0 Å². The van der Waals surface area contributed by atoms with Crippen LogP contribution in [0, 0.1) is 5.82 Å². The van der Waals surface area contributed by atoms with E-state index in [0.717, 1.165) is 11.1 Å². The third kappa shape index (κ3) is 4.58. The van der Waals surface area contributed by atoms with Crippen LogP contribution in [0.1, 0.15) is 11.1 Å². The number of fused-ring (bicyclic) bond motifs is 1. The first-order valence-electron chi connectivity index (χ1n) is 9.79. The molecule has 2 heterocycles. The summed E-state index contributed by atoms with van der Waals surface area (Å²) >= 11 is 0. The third-order valence-electron chi connectivity index (χ3n) is 5.07. The molecule has 1 amide bonds. The SMILES string of the molecule is COc1ccc(CC(=O)NC[C@H]2Cc3cc(F)cc(-c4cncnc4)c3O2)cc1OC. The molecular formula is C23H22FN3O4. The number of nitrogens with one attached hydrogen (secondary N) is 1. The number of ether oxygens (including phenoxy) is 3. The quantitative estimate of drug-likeness (QED) is 0.629. The molecule has 7 nitrogen and oxygen atoms in total. The molecule has 0 saturated heterocycles. The zero-order valence-corrected chi connectivity index (χ0v) is 17.2. The van der Waals surface area contributed by atoms with E-state index < -0.39 is 0 Å². The number of hydrogen-bond acceptors (Lipinski definition) is 6. The van der Waals surface area contributed by atoms with Crippen LogP contribution in [-0.4, -0.2) is 42.7 Å². The fourth-order valence-electron chi connectivity index (χ4n) is 3.63. The zero-order chi connectivity index (χ0) is 21.8. The number of benzene rings is 2. The smallest absolute Gasteiger partial charge is 0.224 e. The highest BCUT2D eigenvalue weighted by Gasteiger charge is 2.27. The summed E-state index contributed by atoms with van der Waals surface area (Å²) in [5, 5.41) is 2.89. The minimum Gasteiger partial charge on any atom is -0.493 e. The second kappa shape index (κ2) is 8.99. The van der Waals surface area contributed by atoms with Crippen molar-refractivity contribution in [3.8, 4) is 28.4 Å². The number of methoxy groups -OCH3 is 2. The Bertz CT molecular complexity index is 1090. The highest BCUT2D eigenvalue weighted by atomic mass is 19.1. The molecule has 4 rings (SSSR count). The number of nitrogens with zero attached hydrogens (tertiary/aromatic N) is 2. The lowest BCUT2D eigenvalue weighted by molar-refractivity contribution is -0.120. The van der Waals surface area contributed by atoms with Gasteiger partial charge in [-0.3, -0.25) is 4.79 Å². The third-order valence-corrected chi connectivity index (χ3v) is 5.07. The molecule has 1 N–H and O–H groups in total. The van der Waals surface area contributed by atoms with Crippen LogP contribution in [0.15, 0.2) is 49.1 Å². The van der Waals surface area contributed by atoms with Gasteiger partial charge in [-0.15, -0.1) is 0 Å². The van der Waals surface area contributed by atoms with Crippen molar-refractivity contribution >= 4 is 5.91 Å². The normalized spacial score (nSPS) is 14.5. The summed E-state index contributed by atoms with van der Waals surface area (Å²) in [6, 6.07) is 8.24. The summed E-state index contributed by atoms with van der Waals surface area (Å²) < 4.78 is 30.7. The van der Waals surface area contributed by atoms with Gasteiger partial charge in [-0.05, 0) is 29.8 Å².